The lowest BCUT2D eigenvalue weighted by molar-refractivity contribution is 0.442. The highest BCUT2D eigenvalue weighted by molar-refractivity contribution is 5.46. The van der Waals surface area contributed by atoms with Gasteiger partial charge >= 0.3 is 0 Å². The minimum absolute atomic E-state index is 0.187. The lowest BCUT2D eigenvalue weighted by atomic mass is 9.95. The summed E-state index contributed by atoms with van der Waals surface area (Å²) in [6.07, 6.45) is 3.49. The van der Waals surface area contributed by atoms with Crippen molar-refractivity contribution in [3.05, 3.63) is 23.8 Å². The van der Waals surface area contributed by atoms with Gasteiger partial charge in [0.25, 0.3) is 0 Å². The molecule has 0 radical (unpaired) electrons. The Morgan fingerprint density at radius 1 is 1.30 bits per heavy atom. The summed E-state index contributed by atoms with van der Waals surface area (Å²) in [4.78, 5) is 8.82. The average Bonchev–Trinajstić information content (AvgIpc) is 2.81. The van der Waals surface area contributed by atoms with Crippen molar-refractivity contribution in [1.82, 2.24) is 19.7 Å². The van der Waals surface area contributed by atoms with Crippen molar-refractivity contribution in [1.29, 1.82) is 0 Å². The van der Waals surface area contributed by atoms with E-state index >= 15 is 0 Å². The molecule has 2 aromatic heterocycles. The van der Waals surface area contributed by atoms with Crippen molar-refractivity contribution < 1.29 is 4.74 Å². The summed E-state index contributed by atoms with van der Waals surface area (Å²) >= 11 is 0. The van der Waals surface area contributed by atoms with Crippen molar-refractivity contribution in [2.75, 3.05) is 5.73 Å². The van der Waals surface area contributed by atoms with E-state index in [0.717, 1.165) is 12.1 Å². The van der Waals surface area contributed by atoms with Crippen LogP contribution >= 0.6 is 0 Å². The molecule has 0 aliphatic rings. The topological polar surface area (TPSA) is 78.8 Å². The number of ether oxygens (including phenoxy) is 1. The molecule has 0 aliphatic heterocycles. The molecule has 0 aliphatic carbocycles. The van der Waals surface area contributed by atoms with E-state index in [-0.39, 0.29) is 5.41 Å². The van der Waals surface area contributed by atoms with Crippen molar-refractivity contribution >= 4 is 5.82 Å². The molecule has 0 atom stereocenters. The van der Waals surface area contributed by atoms with E-state index in [1.165, 1.54) is 0 Å². The number of nitrogens with zero attached hydrogens (tertiary/aromatic N) is 4. The van der Waals surface area contributed by atoms with E-state index in [2.05, 4.69) is 15.1 Å². The second-order valence-corrected chi connectivity index (χ2v) is 5.75. The van der Waals surface area contributed by atoms with E-state index in [4.69, 9.17) is 10.5 Å². The van der Waals surface area contributed by atoms with Gasteiger partial charge in [0.05, 0.1) is 18.0 Å². The number of aryl methyl sites for hydroxylation is 1. The Morgan fingerprint density at radius 3 is 2.55 bits per heavy atom. The molecule has 0 saturated carbocycles. The van der Waals surface area contributed by atoms with Crippen LogP contribution in [-0.4, -0.2) is 19.7 Å². The molecule has 6 heteroatoms. The Labute approximate surface area is 119 Å². The fraction of sp³-hybridized carbons (Fsp3) is 0.500. The summed E-state index contributed by atoms with van der Waals surface area (Å²) in [5.41, 5.74) is 6.50. The normalized spacial score (nSPS) is 11.7. The van der Waals surface area contributed by atoms with Crippen LogP contribution in [0.1, 0.15) is 39.1 Å². The SMILES string of the molecule is CCn1cc(Oc2nc(C(C)(C)C)nc(N)c2C)cn1. The van der Waals surface area contributed by atoms with Crippen LogP contribution in [-0.2, 0) is 12.0 Å². The molecule has 0 fully saturated rings. The number of hydrogen-bond acceptors (Lipinski definition) is 5. The van der Waals surface area contributed by atoms with Gasteiger partial charge in [0.15, 0.2) is 5.75 Å². The van der Waals surface area contributed by atoms with Crippen LogP contribution in [0.3, 0.4) is 0 Å². The third-order valence-electron chi connectivity index (χ3n) is 2.96. The van der Waals surface area contributed by atoms with Crippen LogP contribution in [0.5, 0.6) is 11.6 Å². The molecule has 2 heterocycles. The fourth-order valence-electron chi connectivity index (χ4n) is 1.63. The number of anilines is 1. The van der Waals surface area contributed by atoms with Gasteiger partial charge < -0.3 is 10.5 Å². The van der Waals surface area contributed by atoms with Gasteiger partial charge in [-0.05, 0) is 13.8 Å². The molecule has 0 spiro atoms. The van der Waals surface area contributed by atoms with Crippen LogP contribution in [0, 0.1) is 6.92 Å². The second kappa shape index (κ2) is 5.11. The predicted octanol–water partition coefficient (Wildman–Crippen LogP) is 2.67. The molecule has 0 amide bonds. The molecule has 0 bridgehead atoms. The molecule has 2 N–H and O–H groups in total. The summed E-state index contributed by atoms with van der Waals surface area (Å²) in [5, 5.41) is 4.17. The minimum Gasteiger partial charge on any atom is -0.435 e. The molecule has 108 valence electrons. The molecule has 20 heavy (non-hydrogen) atoms. The third kappa shape index (κ3) is 2.89. The van der Waals surface area contributed by atoms with E-state index in [1.54, 1.807) is 10.9 Å². The van der Waals surface area contributed by atoms with Crippen molar-refractivity contribution in [2.24, 2.45) is 0 Å². The van der Waals surface area contributed by atoms with Crippen molar-refractivity contribution in [2.45, 2.75) is 46.6 Å². The third-order valence-corrected chi connectivity index (χ3v) is 2.96. The minimum atomic E-state index is -0.187. The molecule has 0 aromatic carbocycles. The van der Waals surface area contributed by atoms with Crippen LogP contribution in [0.15, 0.2) is 12.4 Å². The van der Waals surface area contributed by atoms with Gasteiger partial charge in [-0.2, -0.15) is 10.1 Å². The highest BCUT2D eigenvalue weighted by Crippen LogP contribution is 2.29. The quantitative estimate of drug-likeness (QED) is 0.931. The largest absolute Gasteiger partial charge is 0.435 e. The Balaban J connectivity index is 2.37. The Kier molecular flexibility index (Phi) is 3.65. The first-order valence-corrected chi connectivity index (χ1v) is 6.66. The summed E-state index contributed by atoms with van der Waals surface area (Å²) in [7, 11) is 0. The van der Waals surface area contributed by atoms with Gasteiger partial charge in [-0.1, -0.05) is 20.8 Å². The second-order valence-electron chi connectivity index (χ2n) is 5.75. The number of nitrogen functional groups attached to an aromatic ring is 1. The van der Waals surface area contributed by atoms with Gasteiger partial charge in [0.1, 0.15) is 11.6 Å². The Hall–Kier alpha value is -2.11. The maximum Gasteiger partial charge on any atom is 0.227 e. The van der Waals surface area contributed by atoms with Gasteiger partial charge in [-0.3, -0.25) is 4.68 Å². The van der Waals surface area contributed by atoms with Crippen LogP contribution in [0.4, 0.5) is 5.82 Å². The predicted molar refractivity (Wildman–Crippen MR) is 77.9 cm³/mol. The molecular weight excluding hydrogens is 254 g/mol. The van der Waals surface area contributed by atoms with E-state index in [9.17, 15) is 0 Å². The molecule has 0 saturated heterocycles. The summed E-state index contributed by atoms with van der Waals surface area (Å²) in [6, 6.07) is 0. The summed E-state index contributed by atoms with van der Waals surface area (Å²) in [6.45, 7) is 10.8. The first kappa shape index (κ1) is 14.3. The van der Waals surface area contributed by atoms with Crippen molar-refractivity contribution in [3.8, 4) is 11.6 Å². The first-order chi connectivity index (χ1) is 9.31. The Morgan fingerprint density at radius 2 is 2.00 bits per heavy atom. The van der Waals surface area contributed by atoms with Crippen LogP contribution in [0.2, 0.25) is 0 Å². The fourth-order valence-corrected chi connectivity index (χ4v) is 1.63. The lowest BCUT2D eigenvalue weighted by Gasteiger charge is -2.18. The first-order valence-electron chi connectivity index (χ1n) is 6.66. The van der Waals surface area contributed by atoms with Gasteiger partial charge in [-0.25, -0.2) is 4.98 Å². The number of hydrogen-bond donors (Lipinski definition) is 1. The zero-order chi connectivity index (χ0) is 14.9. The van der Waals surface area contributed by atoms with Crippen LogP contribution < -0.4 is 10.5 Å². The monoisotopic (exact) mass is 275 g/mol. The van der Waals surface area contributed by atoms with Crippen LogP contribution in [0.25, 0.3) is 0 Å². The molecule has 6 nitrogen and oxygen atoms in total. The van der Waals surface area contributed by atoms with Crippen molar-refractivity contribution in [3.63, 3.8) is 0 Å². The maximum atomic E-state index is 5.95. The standard InChI is InChI=1S/C14H21N5O/c1-6-19-8-10(7-16-19)20-12-9(2)11(15)17-13(18-12)14(3,4)5/h7-8H,6H2,1-5H3,(H2,15,17,18). The average molecular weight is 275 g/mol. The highest BCUT2D eigenvalue weighted by atomic mass is 16.5. The zero-order valence-corrected chi connectivity index (χ0v) is 12.6. The number of aromatic nitrogens is 4. The van der Waals surface area contributed by atoms with Gasteiger partial charge in [0, 0.05) is 12.0 Å². The molecule has 0 unspecified atom stereocenters. The lowest BCUT2D eigenvalue weighted by Crippen LogP contribution is -2.18. The van der Waals surface area contributed by atoms with Gasteiger partial charge in [0.2, 0.25) is 5.88 Å². The van der Waals surface area contributed by atoms with E-state index in [1.807, 2.05) is 40.8 Å². The van der Waals surface area contributed by atoms with Gasteiger partial charge in [-0.15, -0.1) is 0 Å². The van der Waals surface area contributed by atoms with E-state index < -0.39 is 0 Å². The smallest absolute Gasteiger partial charge is 0.227 e. The molecular formula is C14H21N5O. The zero-order valence-electron chi connectivity index (χ0n) is 12.6. The molecule has 2 rings (SSSR count). The number of rotatable bonds is 3. The highest BCUT2D eigenvalue weighted by Gasteiger charge is 2.21. The summed E-state index contributed by atoms with van der Waals surface area (Å²) in [5.74, 6) is 2.24. The number of nitrogens with two attached hydrogens (primary N) is 1. The summed E-state index contributed by atoms with van der Waals surface area (Å²) < 4.78 is 7.59. The molecule has 2 aromatic rings. The maximum absolute atomic E-state index is 5.95. The Bertz CT molecular complexity index is 613. The van der Waals surface area contributed by atoms with E-state index in [0.29, 0.717) is 23.3 Å².